The lowest BCUT2D eigenvalue weighted by Gasteiger charge is -2.27. The molecule has 2 aliphatic heterocycles. The van der Waals surface area contributed by atoms with Gasteiger partial charge in [-0.2, -0.15) is 0 Å². The number of hydrogen-bond donors (Lipinski definition) is 1. The molecule has 0 radical (unpaired) electrons. The zero-order valence-electron chi connectivity index (χ0n) is 15.6. The van der Waals surface area contributed by atoms with Gasteiger partial charge in [-0.05, 0) is 38.8 Å². The van der Waals surface area contributed by atoms with E-state index in [4.69, 9.17) is 9.26 Å². The van der Waals surface area contributed by atoms with E-state index in [9.17, 15) is 9.59 Å². The summed E-state index contributed by atoms with van der Waals surface area (Å²) in [5.74, 6) is 1.24. The van der Waals surface area contributed by atoms with Gasteiger partial charge in [0, 0.05) is 30.9 Å². The molecule has 0 spiro atoms. The van der Waals surface area contributed by atoms with Gasteiger partial charge in [-0.1, -0.05) is 5.16 Å². The zero-order chi connectivity index (χ0) is 19.1. The highest BCUT2D eigenvalue weighted by Gasteiger charge is 2.34. The first-order valence-electron chi connectivity index (χ1n) is 8.99. The second-order valence-electron chi connectivity index (χ2n) is 6.94. The molecule has 4 rings (SSSR count). The number of carbonyl (C=O) groups is 2. The van der Waals surface area contributed by atoms with E-state index in [1.807, 2.05) is 18.7 Å². The Hall–Kier alpha value is -3.03. The SMILES string of the molecule is Cc1noc(C)c1[C@H]1CCCN1C(=O)Nc1ccc2c(c1)OCC(=O)N2C. The van der Waals surface area contributed by atoms with Gasteiger partial charge in [0.2, 0.25) is 0 Å². The van der Waals surface area contributed by atoms with Crippen molar-refractivity contribution in [2.24, 2.45) is 0 Å². The van der Waals surface area contributed by atoms with Crippen LogP contribution in [0, 0.1) is 13.8 Å². The fourth-order valence-electron chi connectivity index (χ4n) is 3.83. The number of fused-ring (bicyclic) bond motifs is 1. The molecule has 3 heterocycles. The lowest BCUT2D eigenvalue weighted by Crippen LogP contribution is -2.36. The van der Waals surface area contributed by atoms with Crippen molar-refractivity contribution >= 4 is 23.3 Å². The van der Waals surface area contributed by atoms with E-state index in [1.54, 1.807) is 30.1 Å². The molecule has 0 bridgehead atoms. The van der Waals surface area contributed by atoms with Crippen LogP contribution in [0.3, 0.4) is 0 Å². The van der Waals surface area contributed by atoms with Crippen molar-refractivity contribution in [3.05, 3.63) is 35.2 Å². The number of carbonyl (C=O) groups excluding carboxylic acids is 2. The minimum Gasteiger partial charge on any atom is -0.481 e. The van der Waals surface area contributed by atoms with E-state index in [1.165, 1.54) is 0 Å². The number of hydrogen-bond acceptors (Lipinski definition) is 5. The Kier molecular flexibility index (Phi) is 4.25. The van der Waals surface area contributed by atoms with Crippen molar-refractivity contribution in [2.45, 2.75) is 32.7 Å². The lowest BCUT2D eigenvalue weighted by atomic mass is 10.0. The highest BCUT2D eigenvalue weighted by atomic mass is 16.5. The number of amides is 3. The van der Waals surface area contributed by atoms with Crippen LogP contribution in [0.4, 0.5) is 16.2 Å². The molecule has 0 saturated carbocycles. The predicted octanol–water partition coefficient (Wildman–Crippen LogP) is 3.02. The van der Waals surface area contributed by atoms with Crippen LogP contribution in [-0.4, -0.2) is 42.2 Å². The molecule has 8 heteroatoms. The third kappa shape index (κ3) is 3.01. The maximum absolute atomic E-state index is 12.9. The monoisotopic (exact) mass is 370 g/mol. The second kappa shape index (κ2) is 6.61. The maximum atomic E-state index is 12.9. The van der Waals surface area contributed by atoms with E-state index >= 15 is 0 Å². The van der Waals surface area contributed by atoms with E-state index in [-0.39, 0.29) is 24.6 Å². The Balaban J connectivity index is 1.53. The standard InChI is InChI=1S/C19H22N4O4/c1-11-18(12(2)27-21-11)15-5-4-8-23(15)19(25)20-13-6-7-14-16(9-13)26-10-17(24)22(14)3/h6-7,9,15H,4-5,8,10H2,1-3H3,(H,20,25)/t15-/m1/s1. The molecular formula is C19H22N4O4. The Morgan fingerprint density at radius 1 is 1.33 bits per heavy atom. The number of rotatable bonds is 2. The molecule has 8 nitrogen and oxygen atoms in total. The number of aromatic nitrogens is 1. The van der Waals surface area contributed by atoms with Gasteiger partial charge in [-0.3, -0.25) is 4.79 Å². The molecule has 1 aromatic carbocycles. The summed E-state index contributed by atoms with van der Waals surface area (Å²) in [4.78, 5) is 28.0. The molecule has 1 fully saturated rings. The summed E-state index contributed by atoms with van der Waals surface area (Å²) in [5.41, 5.74) is 3.15. The van der Waals surface area contributed by atoms with Crippen LogP contribution in [0.15, 0.2) is 22.7 Å². The first kappa shape index (κ1) is 17.4. The third-order valence-electron chi connectivity index (χ3n) is 5.23. The van der Waals surface area contributed by atoms with E-state index in [0.29, 0.717) is 23.7 Å². The number of aryl methyl sites for hydroxylation is 2. The maximum Gasteiger partial charge on any atom is 0.322 e. The minimum absolute atomic E-state index is 0.00113. The molecule has 2 aromatic rings. The normalized spacial score (nSPS) is 19.1. The van der Waals surface area contributed by atoms with Gasteiger partial charge in [-0.15, -0.1) is 0 Å². The Labute approximate surface area is 157 Å². The van der Waals surface area contributed by atoms with Crippen LogP contribution in [0.2, 0.25) is 0 Å². The lowest BCUT2D eigenvalue weighted by molar-refractivity contribution is -0.120. The number of nitrogens with zero attached hydrogens (tertiary/aromatic N) is 3. The van der Waals surface area contributed by atoms with E-state index < -0.39 is 0 Å². The van der Waals surface area contributed by atoms with Crippen LogP contribution < -0.4 is 15.0 Å². The highest BCUT2D eigenvalue weighted by Crippen LogP contribution is 2.37. The van der Waals surface area contributed by atoms with Crippen LogP contribution in [0.5, 0.6) is 5.75 Å². The minimum atomic E-state index is -0.169. The number of anilines is 2. The number of ether oxygens (including phenoxy) is 1. The smallest absolute Gasteiger partial charge is 0.322 e. The predicted molar refractivity (Wildman–Crippen MR) is 99.0 cm³/mol. The number of urea groups is 1. The molecule has 2 aliphatic rings. The van der Waals surface area contributed by atoms with Crippen LogP contribution in [0.1, 0.15) is 35.9 Å². The summed E-state index contributed by atoms with van der Waals surface area (Å²) in [5, 5.41) is 6.96. The molecular weight excluding hydrogens is 348 g/mol. The van der Waals surface area contributed by atoms with Crippen molar-refractivity contribution in [3.8, 4) is 5.75 Å². The first-order chi connectivity index (χ1) is 13.0. The third-order valence-corrected chi connectivity index (χ3v) is 5.23. The first-order valence-corrected chi connectivity index (χ1v) is 8.99. The molecule has 3 amide bonds. The molecule has 0 aliphatic carbocycles. The van der Waals surface area contributed by atoms with Crippen molar-refractivity contribution < 1.29 is 18.8 Å². The largest absolute Gasteiger partial charge is 0.481 e. The van der Waals surface area contributed by atoms with Gasteiger partial charge in [-0.25, -0.2) is 4.79 Å². The van der Waals surface area contributed by atoms with Crippen molar-refractivity contribution in [2.75, 3.05) is 30.4 Å². The van der Waals surface area contributed by atoms with Gasteiger partial charge in [0.05, 0.1) is 17.4 Å². The summed E-state index contributed by atoms with van der Waals surface area (Å²) < 4.78 is 10.8. The Bertz CT molecular complexity index is 888. The number of likely N-dealkylation sites (N-methyl/N-ethyl adjacent to an activating group) is 1. The molecule has 1 N–H and O–H groups in total. The summed E-state index contributed by atoms with van der Waals surface area (Å²) in [6, 6.07) is 5.09. The van der Waals surface area contributed by atoms with Crippen molar-refractivity contribution in [1.82, 2.24) is 10.1 Å². The quantitative estimate of drug-likeness (QED) is 0.878. The summed E-state index contributed by atoms with van der Waals surface area (Å²) in [6.07, 6.45) is 1.82. The number of nitrogens with one attached hydrogen (secondary N) is 1. The van der Waals surface area contributed by atoms with Crippen molar-refractivity contribution in [1.29, 1.82) is 0 Å². The fourth-order valence-corrected chi connectivity index (χ4v) is 3.83. The average Bonchev–Trinajstić information content (AvgIpc) is 3.24. The van der Waals surface area contributed by atoms with Gasteiger partial charge < -0.3 is 24.4 Å². The Morgan fingerprint density at radius 2 is 2.15 bits per heavy atom. The van der Waals surface area contributed by atoms with E-state index in [2.05, 4.69) is 10.5 Å². The van der Waals surface area contributed by atoms with Crippen LogP contribution >= 0.6 is 0 Å². The molecule has 27 heavy (non-hydrogen) atoms. The van der Waals surface area contributed by atoms with Crippen LogP contribution in [0.25, 0.3) is 0 Å². The van der Waals surface area contributed by atoms with Gasteiger partial charge >= 0.3 is 6.03 Å². The number of likely N-dealkylation sites (tertiary alicyclic amines) is 1. The molecule has 1 saturated heterocycles. The summed E-state index contributed by atoms with van der Waals surface area (Å²) in [6.45, 7) is 4.46. The fraction of sp³-hybridized carbons (Fsp3) is 0.421. The topological polar surface area (TPSA) is 87.9 Å². The van der Waals surface area contributed by atoms with Crippen LogP contribution in [-0.2, 0) is 4.79 Å². The average molecular weight is 370 g/mol. The Morgan fingerprint density at radius 3 is 2.89 bits per heavy atom. The molecule has 1 atom stereocenters. The second-order valence-corrected chi connectivity index (χ2v) is 6.94. The van der Waals surface area contributed by atoms with E-state index in [0.717, 1.165) is 29.9 Å². The van der Waals surface area contributed by atoms with Gasteiger partial charge in [0.15, 0.2) is 6.61 Å². The molecule has 0 unspecified atom stereocenters. The highest BCUT2D eigenvalue weighted by molar-refractivity contribution is 5.98. The molecule has 142 valence electrons. The van der Waals surface area contributed by atoms with Gasteiger partial charge in [0.1, 0.15) is 11.5 Å². The summed E-state index contributed by atoms with van der Waals surface area (Å²) in [7, 11) is 1.71. The molecule has 1 aromatic heterocycles. The number of benzene rings is 1. The van der Waals surface area contributed by atoms with Gasteiger partial charge in [0.25, 0.3) is 5.91 Å². The summed E-state index contributed by atoms with van der Waals surface area (Å²) >= 11 is 0. The van der Waals surface area contributed by atoms with Crippen molar-refractivity contribution in [3.63, 3.8) is 0 Å². The zero-order valence-corrected chi connectivity index (χ0v) is 15.6.